The summed E-state index contributed by atoms with van der Waals surface area (Å²) < 4.78 is 0. The fraction of sp³-hybridized carbons (Fsp3) is 0.300. The van der Waals surface area contributed by atoms with Crippen LogP contribution in [0.3, 0.4) is 0 Å². The van der Waals surface area contributed by atoms with Gasteiger partial charge in [-0.05, 0) is 25.5 Å². The predicted octanol–water partition coefficient (Wildman–Crippen LogP) is 1.40. The molecule has 2 N–H and O–H groups in total. The van der Waals surface area contributed by atoms with Gasteiger partial charge in [-0.1, -0.05) is 11.2 Å². The molecule has 80 valence electrons. The number of pyridine rings is 1. The third-order valence-electron chi connectivity index (χ3n) is 1.93. The maximum absolute atomic E-state index is 8.49. The van der Waals surface area contributed by atoms with Crippen molar-refractivity contribution in [2.75, 3.05) is 0 Å². The number of nitrogens with zero attached hydrogens (tertiary/aromatic N) is 3. The highest BCUT2D eigenvalue weighted by Gasteiger charge is 1.96. The molecular formula is C10H14N4O. The number of oxime groups is 1. The molecule has 1 rings (SSSR count). The molecule has 0 spiro atoms. The first-order chi connectivity index (χ1) is 7.24. The molecule has 0 aliphatic rings. The van der Waals surface area contributed by atoms with Gasteiger partial charge in [-0.15, -0.1) is 0 Å². The molecule has 15 heavy (non-hydrogen) atoms. The van der Waals surface area contributed by atoms with Crippen LogP contribution in [-0.2, 0) is 6.54 Å². The lowest BCUT2D eigenvalue weighted by Gasteiger charge is -2.01. The van der Waals surface area contributed by atoms with E-state index in [1.54, 1.807) is 26.2 Å². The van der Waals surface area contributed by atoms with E-state index in [9.17, 15) is 0 Å². The molecule has 0 aliphatic heterocycles. The Morgan fingerprint density at radius 1 is 1.47 bits per heavy atom. The predicted molar refractivity (Wildman–Crippen MR) is 59.1 cm³/mol. The largest absolute Gasteiger partial charge is 0.411 e. The number of hydrazone groups is 1. The third kappa shape index (κ3) is 3.76. The van der Waals surface area contributed by atoms with Gasteiger partial charge in [-0.3, -0.25) is 4.98 Å². The Morgan fingerprint density at radius 2 is 2.27 bits per heavy atom. The molecule has 5 nitrogen and oxygen atoms in total. The van der Waals surface area contributed by atoms with Crippen LogP contribution in [0.4, 0.5) is 0 Å². The van der Waals surface area contributed by atoms with Crippen LogP contribution in [0.15, 0.2) is 34.8 Å². The molecule has 1 aromatic heterocycles. The van der Waals surface area contributed by atoms with E-state index < -0.39 is 0 Å². The number of nitrogens with one attached hydrogen (secondary N) is 1. The minimum Gasteiger partial charge on any atom is -0.411 e. The Labute approximate surface area is 88.5 Å². The average Bonchev–Trinajstić information content (AvgIpc) is 2.29. The van der Waals surface area contributed by atoms with E-state index in [1.807, 2.05) is 12.1 Å². The van der Waals surface area contributed by atoms with Gasteiger partial charge < -0.3 is 10.6 Å². The lowest BCUT2D eigenvalue weighted by Crippen LogP contribution is -2.13. The summed E-state index contributed by atoms with van der Waals surface area (Å²) in [7, 11) is 0. The molecule has 0 aliphatic carbocycles. The van der Waals surface area contributed by atoms with Crippen LogP contribution >= 0.6 is 0 Å². The Balaban J connectivity index is 2.46. The van der Waals surface area contributed by atoms with E-state index in [2.05, 4.69) is 20.7 Å². The second-order valence-corrected chi connectivity index (χ2v) is 3.08. The van der Waals surface area contributed by atoms with Gasteiger partial charge in [-0.2, -0.15) is 5.10 Å². The van der Waals surface area contributed by atoms with Gasteiger partial charge in [0, 0.05) is 12.4 Å². The van der Waals surface area contributed by atoms with Crippen molar-refractivity contribution < 1.29 is 5.21 Å². The zero-order valence-corrected chi connectivity index (χ0v) is 8.81. The minimum absolute atomic E-state index is 0.494. The number of aromatic nitrogens is 1. The van der Waals surface area contributed by atoms with Crippen molar-refractivity contribution in [3.63, 3.8) is 0 Å². The molecule has 0 fully saturated rings. The van der Waals surface area contributed by atoms with Gasteiger partial charge in [0.05, 0.1) is 18.0 Å². The van der Waals surface area contributed by atoms with Crippen molar-refractivity contribution in [2.24, 2.45) is 10.3 Å². The lowest BCUT2D eigenvalue weighted by atomic mass is 10.3. The van der Waals surface area contributed by atoms with Crippen LogP contribution in [0.25, 0.3) is 0 Å². The summed E-state index contributed by atoms with van der Waals surface area (Å²) in [6.45, 7) is 4.06. The van der Waals surface area contributed by atoms with Crippen LogP contribution in [0.2, 0.25) is 0 Å². The topological polar surface area (TPSA) is 69.9 Å². The van der Waals surface area contributed by atoms with Crippen LogP contribution < -0.4 is 5.43 Å². The van der Waals surface area contributed by atoms with E-state index in [-0.39, 0.29) is 0 Å². The smallest absolute Gasteiger partial charge is 0.0993 e. The highest BCUT2D eigenvalue weighted by Crippen LogP contribution is 1.94. The van der Waals surface area contributed by atoms with E-state index in [0.29, 0.717) is 18.0 Å². The summed E-state index contributed by atoms with van der Waals surface area (Å²) in [6, 6.07) is 3.83. The van der Waals surface area contributed by atoms with Crippen molar-refractivity contribution in [3.8, 4) is 0 Å². The van der Waals surface area contributed by atoms with Gasteiger partial charge in [0.2, 0.25) is 0 Å². The minimum atomic E-state index is 0.494. The van der Waals surface area contributed by atoms with Crippen molar-refractivity contribution in [3.05, 3.63) is 30.1 Å². The van der Waals surface area contributed by atoms with E-state index >= 15 is 0 Å². The number of rotatable bonds is 4. The molecule has 0 bridgehead atoms. The molecule has 0 amide bonds. The Bertz CT molecular complexity index is 359. The van der Waals surface area contributed by atoms with Gasteiger partial charge in [0.25, 0.3) is 0 Å². The normalized spacial score (nSPS) is 12.7. The zero-order chi connectivity index (χ0) is 11.1. The average molecular weight is 206 g/mol. The summed E-state index contributed by atoms with van der Waals surface area (Å²) in [6.07, 6.45) is 3.49. The highest BCUT2D eigenvalue weighted by atomic mass is 16.4. The van der Waals surface area contributed by atoms with Crippen LogP contribution in [0.5, 0.6) is 0 Å². The second kappa shape index (κ2) is 5.74. The van der Waals surface area contributed by atoms with Crippen LogP contribution in [0.1, 0.15) is 19.4 Å². The molecule has 0 aromatic carbocycles. The first kappa shape index (κ1) is 11.2. The standard InChI is InChI=1S/C10H14N4O/c1-8(9(2)14-15)13-12-7-10-4-3-5-11-6-10/h3-6,12,15H,7H2,1-2H3. The first-order valence-electron chi connectivity index (χ1n) is 4.59. The quantitative estimate of drug-likeness (QED) is 0.444. The summed E-state index contributed by atoms with van der Waals surface area (Å²) in [4.78, 5) is 3.98. The molecule has 1 aromatic rings. The molecule has 0 radical (unpaired) electrons. The number of hydrogen-bond donors (Lipinski definition) is 2. The van der Waals surface area contributed by atoms with E-state index in [0.717, 1.165) is 5.56 Å². The van der Waals surface area contributed by atoms with Gasteiger partial charge in [0.15, 0.2) is 0 Å². The van der Waals surface area contributed by atoms with Crippen LogP contribution in [0, 0.1) is 0 Å². The summed E-state index contributed by atoms with van der Waals surface area (Å²) in [5.41, 5.74) is 5.07. The third-order valence-corrected chi connectivity index (χ3v) is 1.93. The fourth-order valence-corrected chi connectivity index (χ4v) is 0.905. The SMILES string of the molecule is CC(=NO)C(C)=NNCc1cccnc1. The van der Waals surface area contributed by atoms with Gasteiger partial charge in [0.1, 0.15) is 0 Å². The molecule has 0 saturated heterocycles. The zero-order valence-electron chi connectivity index (χ0n) is 8.81. The second-order valence-electron chi connectivity index (χ2n) is 3.08. The van der Waals surface area contributed by atoms with Crippen molar-refractivity contribution in [1.29, 1.82) is 0 Å². The summed E-state index contributed by atoms with van der Waals surface area (Å²) in [5.74, 6) is 0. The Kier molecular flexibility index (Phi) is 4.28. The van der Waals surface area contributed by atoms with E-state index in [1.165, 1.54) is 0 Å². The molecule has 0 unspecified atom stereocenters. The summed E-state index contributed by atoms with van der Waals surface area (Å²) in [5, 5.41) is 15.6. The molecule has 0 saturated carbocycles. The Morgan fingerprint density at radius 3 is 2.87 bits per heavy atom. The first-order valence-corrected chi connectivity index (χ1v) is 4.59. The lowest BCUT2D eigenvalue weighted by molar-refractivity contribution is 0.320. The Hall–Kier alpha value is -1.91. The van der Waals surface area contributed by atoms with Crippen molar-refractivity contribution in [1.82, 2.24) is 10.4 Å². The van der Waals surface area contributed by atoms with Gasteiger partial charge in [-0.25, -0.2) is 0 Å². The monoisotopic (exact) mass is 206 g/mol. The van der Waals surface area contributed by atoms with Gasteiger partial charge >= 0.3 is 0 Å². The maximum Gasteiger partial charge on any atom is 0.0993 e. The molecule has 1 heterocycles. The summed E-state index contributed by atoms with van der Waals surface area (Å²) >= 11 is 0. The molecular weight excluding hydrogens is 192 g/mol. The highest BCUT2D eigenvalue weighted by molar-refractivity contribution is 6.40. The fourth-order valence-electron chi connectivity index (χ4n) is 0.905. The van der Waals surface area contributed by atoms with Crippen molar-refractivity contribution >= 4 is 11.4 Å². The van der Waals surface area contributed by atoms with E-state index in [4.69, 9.17) is 5.21 Å². The van der Waals surface area contributed by atoms with Crippen molar-refractivity contribution in [2.45, 2.75) is 20.4 Å². The molecule has 0 atom stereocenters. The maximum atomic E-state index is 8.49. The number of hydrogen-bond acceptors (Lipinski definition) is 5. The molecule has 5 heteroatoms. The van der Waals surface area contributed by atoms with Crippen LogP contribution in [-0.4, -0.2) is 21.6 Å².